The van der Waals surface area contributed by atoms with E-state index in [-0.39, 0.29) is 0 Å². The first-order chi connectivity index (χ1) is 8.16. The summed E-state index contributed by atoms with van der Waals surface area (Å²) in [7, 11) is 0. The molecule has 0 saturated heterocycles. The van der Waals surface area contributed by atoms with E-state index in [1.54, 1.807) is 6.92 Å². The van der Waals surface area contributed by atoms with Gasteiger partial charge >= 0.3 is 0 Å². The molecule has 1 aromatic carbocycles. The van der Waals surface area contributed by atoms with Crippen LogP contribution in [0.25, 0.3) is 0 Å². The topological polar surface area (TPSA) is 29.5 Å². The van der Waals surface area contributed by atoms with Crippen LogP contribution in [0.5, 0.6) is 5.75 Å². The number of ether oxygens (including phenoxy) is 1. The number of aliphatic hydroxyl groups is 1. The summed E-state index contributed by atoms with van der Waals surface area (Å²) in [5.41, 5.74) is 0.874. The first-order valence-electron chi connectivity index (χ1n) is 6.31. The first kappa shape index (κ1) is 12.9. The zero-order valence-electron chi connectivity index (χ0n) is 10.2. The van der Waals surface area contributed by atoms with Gasteiger partial charge < -0.3 is 9.84 Å². The van der Waals surface area contributed by atoms with Gasteiger partial charge in [0.2, 0.25) is 0 Å². The third-order valence-electron chi connectivity index (χ3n) is 3.27. The lowest BCUT2D eigenvalue weighted by atomic mass is 9.97. The molecule has 0 aromatic heterocycles. The molecule has 0 aliphatic heterocycles. The maximum Gasteiger partial charge on any atom is 0.126 e. The fraction of sp³-hybridized carbons (Fsp3) is 0.571. The summed E-state index contributed by atoms with van der Waals surface area (Å²) in [6.45, 7) is 1.77. The van der Waals surface area contributed by atoms with Gasteiger partial charge in [-0.3, -0.25) is 0 Å². The molecule has 1 atom stereocenters. The lowest BCUT2D eigenvalue weighted by molar-refractivity contribution is 0.142. The van der Waals surface area contributed by atoms with Gasteiger partial charge in [0, 0.05) is 10.0 Å². The molecular formula is C14H19BrO2. The van der Waals surface area contributed by atoms with Crippen molar-refractivity contribution in [3.63, 3.8) is 0 Å². The molecule has 2 rings (SSSR count). The van der Waals surface area contributed by atoms with Crippen LogP contribution in [0, 0.1) is 0 Å². The molecule has 94 valence electrons. The smallest absolute Gasteiger partial charge is 0.126 e. The first-order valence-corrected chi connectivity index (χ1v) is 7.10. The van der Waals surface area contributed by atoms with Gasteiger partial charge in [-0.2, -0.15) is 0 Å². The molecule has 1 aliphatic carbocycles. The monoisotopic (exact) mass is 298 g/mol. The number of rotatable bonds is 3. The van der Waals surface area contributed by atoms with E-state index in [1.165, 1.54) is 19.3 Å². The molecule has 0 spiro atoms. The predicted octanol–water partition coefficient (Wildman–Crippen LogP) is 4.21. The van der Waals surface area contributed by atoms with E-state index in [9.17, 15) is 5.11 Å². The van der Waals surface area contributed by atoms with Crippen LogP contribution in [0.1, 0.15) is 50.7 Å². The highest BCUT2D eigenvalue weighted by molar-refractivity contribution is 9.10. The van der Waals surface area contributed by atoms with E-state index in [0.717, 1.165) is 28.6 Å². The van der Waals surface area contributed by atoms with Crippen molar-refractivity contribution in [3.8, 4) is 5.75 Å². The Balaban J connectivity index is 2.14. The van der Waals surface area contributed by atoms with Crippen molar-refractivity contribution in [1.82, 2.24) is 0 Å². The van der Waals surface area contributed by atoms with Crippen LogP contribution in [0.2, 0.25) is 0 Å². The van der Waals surface area contributed by atoms with Crippen LogP contribution in [0.15, 0.2) is 22.7 Å². The van der Waals surface area contributed by atoms with Crippen molar-refractivity contribution in [2.45, 2.75) is 51.2 Å². The third-order valence-corrected chi connectivity index (χ3v) is 3.76. The zero-order valence-corrected chi connectivity index (χ0v) is 11.7. The Morgan fingerprint density at radius 2 is 2.00 bits per heavy atom. The highest BCUT2D eigenvalue weighted by Gasteiger charge is 2.18. The fourth-order valence-corrected chi connectivity index (χ4v) is 2.66. The van der Waals surface area contributed by atoms with Gasteiger partial charge in [-0.25, -0.2) is 0 Å². The molecule has 0 radical (unpaired) electrons. The van der Waals surface area contributed by atoms with Gasteiger partial charge in [0.05, 0.1) is 12.2 Å². The summed E-state index contributed by atoms with van der Waals surface area (Å²) >= 11 is 3.45. The Kier molecular flexibility index (Phi) is 4.46. The summed E-state index contributed by atoms with van der Waals surface area (Å²) in [6, 6.07) is 5.82. The van der Waals surface area contributed by atoms with Gasteiger partial charge in [0.25, 0.3) is 0 Å². The minimum Gasteiger partial charge on any atom is -0.490 e. The van der Waals surface area contributed by atoms with Crippen molar-refractivity contribution in [1.29, 1.82) is 0 Å². The van der Waals surface area contributed by atoms with Gasteiger partial charge in [-0.05, 0) is 44.7 Å². The number of halogens is 1. The lowest BCUT2D eigenvalue weighted by Gasteiger charge is -2.25. The Labute approximate surface area is 111 Å². The van der Waals surface area contributed by atoms with Crippen LogP contribution in [0.3, 0.4) is 0 Å². The van der Waals surface area contributed by atoms with E-state index in [4.69, 9.17) is 4.74 Å². The highest BCUT2D eigenvalue weighted by Crippen LogP contribution is 2.31. The third kappa shape index (κ3) is 3.46. The molecule has 3 heteroatoms. The molecule has 0 heterocycles. The largest absolute Gasteiger partial charge is 0.490 e. The molecule has 1 aliphatic rings. The minimum atomic E-state index is -0.485. The summed E-state index contributed by atoms with van der Waals surface area (Å²) in [5, 5.41) is 9.73. The summed E-state index contributed by atoms with van der Waals surface area (Å²) in [6.07, 6.45) is 5.92. The quantitative estimate of drug-likeness (QED) is 0.905. The van der Waals surface area contributed by atoms with Gasteiger partial charge in [-0.15, -0.1) is 0 Å². The summed E-state index contributed by atoms with van der Waals surface area (Å²) in [4.78, 5) is 0. The van der Waals surface area contributed by atoms with Gasteiger partial charge in [0.1, 0.15) is 5.75 Å². The summed E-state index contributed by atoms with van der Waals surface area (Å²) < 4.78 is 7.03. The molecule has 0 unspecified atom stereocenters. The normalized spacial score (nSPS) is 19.0. The molecule has 1 aromatic rings. The minimum absolute atomic E-state index is 0.315. The average molecular weight is 299 g/mol. The van der Waals surface area contributed by atoms with Crippen LogP contribution < -0.4 is 4.74 Å². The second-order valence-corrected chi connectivity index (χ2v) is 5.65. The maximum atomic E-state index is 9.73. The fourth-order valence-electron chi connectivity index (χ4n) is 2.32. The molecule has 0 amide bonds. The molecule has 1 saturated carbocycles. The van der Waals surface area contributed by atoms with Crippen molar-refractivity contribution in [2.75, 3.05) is 0 Å². The Bertz CT molecular complexity index is 370. The molecule has 1 N–H and O–H groups in total. The number of hydrogen-bond donors (Lipinski definition) is 1. The summed E-state index contributed by atoms with van der Waals surface area (Å²) in [5.74, 6) is 0.821. The standard InChI is InChI=1S/C14H19BrO2/c1-10(16)13-8-7-11(15)9-14(13)17-12-5-3-2-4-6-12/h7-10,12,16H,2-6H2,1H3/t10-/m1/s1. The highest BCUT2D eigenvalue weighted by atomic mass is 79.9. The molecule has 17 heavy (non-hydrogen) atoms. The van der Waals surface area contributed by atoms with Crippen molar-refractivity contribution >= 4 is 15.9 Å². The van der Waals surface area contributed by atoms with E-state index in [0.29, 0.717) is 6.10 Å². The molecule has 0 bridgehead atoms. The van der Waals surface area contributed by atoms with E-state index in [2.05, 4.69) is 15.9 Å². The number of benzene rings is 1. The average Bonchev–Trinajstić information content (AvgIpc) is 2.30. The molecule has 2 nitrogen and oxygen atoms in total. The van der Waals surface area contributed by atoms with E-state index >= 15 is 0 Å². The maximum absolute atomic E-state index is 9.73. The zero-order chi connectivity index (χ0) is 12.3. The van der Waals surface area contributed by atoms with Crippen molar-refractivity contribution in [2.24, 2.45) is 0 Å². The van der Waals surface area contributed by atoms with Crippen LogP contribution in [0.4, 0.5) is 0 Å². The van der Waals surface area contributed by atoms with Crippen LogP contribution >= 0.6 is 15.9 Å². The number of hydrogen-bond acceptors (Lipinski definition) is 2. The Hall–Kier alpha value is -0.540. The molecular weight excluding hydrogens is 280 g/mol. The van der Waals surface area contributed by atoms with Crippen LogP contribution in [-0.2, 0) is 0 Å². The Morgan fingerprint density at radius 1 is 1.29 bits per heavy atom. The molecule has 1 fully saturated rings. The van der Waals surface area contributed by atoms with Gasteiger partial charge in [0.15, 0.2) is 0 Å². The van der Waals surface area contributed by atoms with Crippen LogP contribution in [-0.4, -0.2) is 11.2 Å². The van der Waals surface area contributed by atoms with E-state index < -0.39 is 6.10 Å². The Morgan fingerprint density at radius 3 is 2.65 bits per heavy atom. The second kappa shape index (κ2) is 5.87. The van der Waals surface area contributed by atoms with Crippen molar-refractivity contribution in [3.05, 3.63) is 28.2 Å². The number of aliphatic hydroxyl groups excluding tert-OH is 1. The van der Waals surface area contributed by atoms with E-state index in [1.807, 2.05) is 18.2 Å². The lowest BCUT2D eigenvalue weighted by Crippen LogP contribution is -2.20. The van der Waals surface area contributed by atoms with Crippen molar-refractivity contribution < 1.29 is 9.84 Å². The SMILES string of the molecule is C[C@@H](O)c1ccc(Br)cc1OC1CCCCC1. The second-order valence-electron chi connectivity index (χ2n) is 4.74. The predicted molar refractivity (Wildman–Crippen MR) is 72.3 cm³/mol. The van der Waals surface area contributed by atoms with Gasteiger partial charge in [-0.1, -0.05) is 28.4 Å².